The fourth-order valence-corrected chi connectivity index (χ4v) is 3.20. The van der Waals surface area contributed by atoms with Gasteiger partial charge >= 0.3 is 6.03 Å². The summed E-state index contributed by atoms with van der Waals surface area (Å²) < 4.78 is 1.99. The average Bonchev–Trinajstić information content (AvgIpc) is 3.27. The van der Waals surface area contributed by atoms with E-state index < -0.39 is 0 Å². The van der Waals surface area contributed by atoms with E-state index in [1.54, 1.807) is 41.7 Å². The van der Waals surface area contributed by atoms with Crippen molar-refractivity contribution in [2.24, 2.45) is 0 Å². The SMILES string of the molecule is CCN(CC)C(=O)c1ccc(NC(=O)NCc2ccccc2Cn2ccnc2)cc1. The summed E-state index contributed by atoms with van der Waals surface area (Å²) in [5, 5.41) is 5.70. The molecule has 0 aliphatic carbocycles. The van der Waals surface area contributed by atoms with Gasteiger partial charge in [-0.15, -0.1) is 0 Å². The highest BCUT2D eigenvalue weighted by Gasteiger charge is 2.12. The number of nitrogens with zero attached hydrogens (tertiary/aromatic N) is 3. The van der Waals surface area contributed by atoms with Crippen LogP contribution in [0.25, 0.3) is 0 Å². The Morgan fingerprint density at radius 1 is 1.00 bits per heavy atom. The van der Waals surface area contributed by atoms with E-state index in [1.165, 1.54) is 0 Å². The van der Waals surface area contributed by atoms with Crippen LogP contribution >= 0.6 is 0 Å². The minimum Gasteiger partial charge on any atom is -0.339 e. The Kier molecular flexibility index (Phi) is 7.21. The lowest BCUT2D eigenvalue weighted by molar-refractivity contribution is 0.0773. The minimum atomic E-state index is -0.296. The van der Waals surface area contributed by atoms with Crippen LogP contribution in [0, 0.1) is 0 Å². The number of hydrogen-bond acceptors (Lipinski definition) is 3. The first-order chi connectivity index (χ1) is 14.6. The second kappa shape index (κ2) is 10.2. The molecule has 0 radical (unpaired) electrons. The van der Waals surface area contributed by atoms with Crippen LogP contribution in [0.3, 0.4) is 0 Å². The normalized spacial score (nSPS) is 10.5. The van der Waals surface area contributed by atoms with Gasteiger partial charge in [-0.2, -0.15) is 0 Å². The highest BCUT2D eigenvalue weighted by molar-refractivity contribution is 5.95. The van der Waals surface area contributed by atoms with E-state index in [4.69, 9.17) is 0 Å². The predicted octanol–water partition coefficient (Wildman–Crippen LogP) is 3.74. The third kappa shape index (κ3) is 5.47. The zero-order valence-electron chi connectivity index (χ0n) is 17.3. The van der Waals surface area contributed by atoms with Crippen molar-refractivity contribution in [1.29, 1.82) is 0 Å². The molecule has 1 heterocycles. The van der Waals surface area contributed by atoms with E-state index in [-0.39, 0.29) is 11.9 Å². The smallest absolute Gasteiger partial charge is 0.319 e. The molecule has 2 N–H and O–H groups in total. The van der Waals surface area contributed by atoms with Crippen molar-refractivity contribution in [3.8, 4) is 0 Å². The van der Waals surface area contributed by atoms with Crippen molar-refractivity contribution < 1.29 is 9.59 Å². The summed E-state index contributed by atoms with van der Waals surface area (Å²) in [7, 11) is 0. The Morgan fingerprint density at radius 3 is 2.33 bits per heavy atom. The average molecular weight is 406 g/mol. The second-order valence-electron chi connectivity index (χ2n) is 6.87. The maximum Gasteiger partial charge on any atom is 0.319 e. The second-order valence-corrected chi connectivity index (χ2v) is 6.87. The lowest BCUT2D eigenvalue weighted by Gasteiger charge is -2.18. The van der Waals surface area contributed by atoms with Crippen LogP contribution in [0.2, 0.25) is 0 Å². The maximum absolute atomic E-state index is 12.4. The van der Waals surface area contributed by atoms with Gasteiger partial charge in [0.15, 0.2) is 0 Å². The van der Waals surface area contributed by atoms with Crippen LogP contribution in [-0.2, 0) is 13.1 Å². The molecule has 1 aromatic heterocycles. The summed E-state index contributed by atoms with van der Waals surface area (Å²) in [5.74, 6) is -0.00880. The molecule has 0 unspecified atom stereocenters. The standard InChI is InChI=1S/C23H27N5O2/c1-3-28(4-2)22(29)18-9-11-21(12-10-18)26-23(30)25-15-19-7-5-6-8-20(19)16-27-14-13-24-17-27/h5-14,17H,3-4,15-16H2,1-2H3,(H2,25,26,30). The lowest BCUT2D eigenvalue weighted by atomic mass is 10.1. The Labute approximate surface area is 176 Å². The number of anilines is 1. The minimum absolute atomic E-state index is 0.00880. The van der Waals surface area contributed by atoms with Crippen LogP contribution in [0.1, 0.15) is 35.3 Å². The zero-order chi connectivity index (χ0) is 21.3. The molecule has 0 atom stereocenters. The Bertz CT molecular complexity index is 964. The quantitative estimate of drug-likeness (QED) is 0.599. The van der Waals surface area contributed by atoms with E-state index in [1.807, 2.05) is 48.9 Å². The maximum atomic E-state index is 12.4. The highest BCUT2D eigenvalue weighted by Crippen LogP contribution is 2.13. The van der Waals surface area contributed by atoms with Gasteiger partial charge in [-0.05, 0) is 49.2 Å². The highest BCUT2D eigenvalue weighted by atomic mass is 16.2. The summed E-state index contributed by atoms with van der Waals surface area (Å²) >= 11 is 0. The molecule has 30 heavy (non-hydrogen) atoms. The first-order valence-electron chi connectivity index (χ1n) is 10.1. The molecular weight excluding hydrogens is 378 g/mol. The topological polar surface area (TPSA) is 79.3 Å². The third-order valence-corrected chi connectivity index (χ3v) is 4.91. The van der Waals surface area contributed by atoms with E-state index >= 15 is 0 Å². The first kappa shape index (κ1) is 21.1. The molecule has 7 nitrogen and oxygen atoms in total. The fraction of sp³-hybridized carbons (Fsp3) is 0.261. The molecule has 7 heteroatoms. The van der Waals surface area contributed by atoms with Crippen LogP contribution in [0.5, 0.6) is 0 Å². The van der Waals surface area contributed by atoms with Gasteiger partial charge in [-0.3, -0.25) is 4.79 Å². The van der Waals surface area contributed by atoms with Gasteiger partial charge in [0.05, 0.1) is 6.33 Å². The van der Waals surface area contributed by atoms with Gasteiger partial charge in [-0.25, -0.2) is 9.78 Å². The van der Waals surface area contributed by atoms with Crippen LogP contribution < -0.4 is 10.6 Å². The number of nitrogens with one attached hydrogen (secondary N) is 2. The zero-order valence-corrected chi connectivity index (χ0v) is 17.3. The molecule has 0 saturated heterocycles. The molecule has 156 valence electrons. The number of hydrogen-bond donors (Lipinski definition) is 2. The summed E-state index contributed by atoms with van der Waals surface area (Å²) in [4.78, 5) is 30.5. The Balaban J connectivity index is 1.56. The molecule has 3 amide bonds. The number of carbonyl (C=O) groups is 2. The largest absolute Gasteiger partial charge is 0.339 e. The van der Waals surface area contributed by atoms with Crippen molar-refractivity contribution in [1.82, 2.24) is 19.8 Å². The van der Waals surface area contributed by atoms with Gasteiger partial charge in [0.1, 0.15) is 0 Å². The number of urea groups is 1. The van der Waals surface area contributed by atoms with Crippen LogP contribution in [0.4, 0.5) is 10.5 Å². The number of benzene rings is 2. The molecule has 0 aliphatic heterocycles. The van der Waals surface area contributed by atoms with E-state index in [0.717, 1.165) is 11.1 Å². The number of carbonyl (C=O) groups excluding carboxylic acids is 2. The van der Waals surface area contributed by atoms with Gasteiger partial charge in [0.25, 0.3) is 5.91 Å². The summed E-state index contributed by atoms with van der Waals surface area (Å²) in [6.07, 6.45) is 5.42. The third-order valence-electron chi connectivity index (χ3n) is 4.91. The predicted molar refractivity (Wildman–Crippen MR) is 117 cm³/mol. The van der Waals surface area contributed by atoms with Crippen molar-refractivity contribution in [3.05, 3.63) is 83.9 Å². The van der Waals surface area contributed by atoms with Crippen molar-refractivity contribution in [2.45, 2.75) is 26.9 Å². The summed E-state index contributed by atoms with van der Waals surface area (Å²) in [6.45, 7) is 6.35. The van der Waals surface area contributed by atoms with Crippen LogP contribution in [0.15, 0.2) is 67.3 Å². The molecule has 2 aromatic carbocycles. The molecule has 0 spiro atoms. The molecule has 0 aliphatic rings. The van der Waals surface area contributed by atoms with E-state index in [2.05, 4.69) is 15.6 Å². The number of imidazole rings is 1. The monoisotopic (exact) mass is 405 g/mol. The van der Waals surface area contributed by atoms with Gasteiger partial charge < -0.3 is 20.1 Å². The van der Waals surface area contributed by atoms with Crippen molar-refractivity contribution in [3.63, 3.8) is 0 Å². The lowest BCUT2D eigenvalue weighted by Crippen LogP contribution is -2.30. The first-order valence-corrected chi connectivity index (χ1v) is 10.1. The summed E-state index contributed by atoms with van der Waals surface area (Å²) in [5.41, 5.74) is 3.41. The van der Waals surface area contributed by atoms with Gasteiger partial charge in [0.2, 0.25) is 0 Å². The van der Waals surface area contributed by atoms with Crippen molar-refractivity contribution in [2.75, 3.05) is 18.4 Å². The molecular formula is C23H27N5O2. The number of rotatable bonds is 8. The van der Waals surface area contributed by atoms with Crippen molar-refractivity contribution >= 4 is 17.6 Å². The van der Waals surface area contributed by atoms with Gasteiger partial charge in [0, 0.05) is 49.8 Å². The molecule has 0 fully saturated rings. The van der Waals surface area contributed by atoms with E-state index in [9.17, 15) is 9.59 Å². The number of aromatic nitrogens is 2. The van der Waals surface area contributed by atoms with Gasteiger partial charge in [-0.1, -0.05) is 24.3 Å². The Hall–Kier alpha value is -3.61. The molecule has 3 aromatic rings. The molecule has 0 bridgehead atoms. The Morgan fingerprint density at radius 2 is 1.70 bits per heavy atom. The van der Waals surface area contributed by atoms with E-state index in [0.29, 0.717) is 37.4 Å². The molecule has 0 saturated carbocycles. The fourth-order valence-electron chi connectivity index (χ4n) is 3.20. The summed E-state index contributed by atoms with van der Waals surface area (Å²) in [6, 6.07) is 14.6. The number of amides is 3. The van der Waals surface area contributed by atoms with Crippen LogP contribution in [-0.4, -0.2) is 39.5 Å². The molecule has 3 rings (SSSR count).